The lowest BCUT2D eigenvalue weighted by Crippen LogP contribution is -2.27. The molecule has 3 aromatic rings. The number of carboxylic acid groups (broad SMARTS) is 1. The summed E-state index contributed by atoms with van der Waals surface area (Å²) in [5.41, 5.74) is 4.57. The third kappa shape index (κ3) is 5.26. The van der Waals surface area contributed by atoms with Crippen LogP contribution in [0.25, 0.3) is 11.1 Å². The van der Waals surface area contributed by atoms with Crippen LogP contribution in [0.2, 0.25) is 0 Å². The van der Waals surface area contributed by atoms with Gasteiger partial charge in [-0.1, -0.05) is 59.9 Å². The summed E-state index contributed by atoms with van der Waals surface area (Å²) in [5.74, 6) is -1.12. The van der Waals surface area contributed by atoms with Gasteiger partial charge < -0.3 is 14.7 Å². The van der Waals surface area contributed by atoms with Gasteiger partial charge in [-0.15, -0.1) is 0 Å². The van der Waals surface area contributed by atoms with E-state index in [4.69, 9.17) is 9.84 Å². The Labute approximate surface area is 201 Å². The maximum Gasteiger partial charge on any atom is 0.413 e. The SMILES string of the molecule is CN(CCCCC(=O)O)C(=O)c1cnc(NC(=O)OCC2c3ccccc3-c3ccccc32)s1. The molecule has 1 heterocycles. The van der Waals surface area contributed by atoms with E-state index in [0.717, 1.165) is 33.6 Å². The Balaban J connectivity index is 1.31. The molecule has 0 saturated carbocycles. The summed E-state index contributed by atoms with van der Waals surface area (Å²) in [5, 5.41) is 11.6. The number of fused-ring (bicyclic) bond motifs is 3. The highest BCUT2D eigenvalue weighted by Gasteiger charge is 2.29. The smallest absolute Gasteiger partial charge is 0.413 e. The quantitative estimate of drug-likeness (QED) is 0.426. The zero-order valence-electron chi connectivity index (χ0n) is 18.7. The van der Waals surface area contributed by atoms with Crippen LogP contribution in [0.4, 0.5) is 9.93 Å². The zero-order chi connectivity index (χ0) is 24.1. The van der Waals surface area contributed by atoms with Crippen LogP contribution >= 0.6 is 11.3 Å². The second-order valence-corrected chi connectivity index (χ2v) is 9.09. The molecule has 1 aliphatic carbocycles. The number of carbonyl (C=O) groups is 3. The van der Waals surface area contributed by atoms with E-state index < -0.39 is 12.1 Å². The molecule has 0 fully saturated rings. The lowest BCUT2D eigenvalue weighted by molar-refractivity contribution is -0.137. The number of carbonyl (C=O) groups excluding carboxylic acids is 2. The van der Waals surface area contributed by atoms with Crippen LogP contribution in [0.15, 0.2) is 54.7 Å². The van der Waals surface area contributed by atoms with E-state index in [-0.39, 0.29) is 30.0 Å². The molecule has 0 spiro atoms. The van der Waals surface area contributed by atoms with Crippen molar-refractivity contribution in [2.24, 2.45) is 0 Å². The van der Waals surface area contributed by atoms with Gasteiger partial charge in [-0.3, -0.25) is 14.9 Å². The molecular weight excluding hydrogens is 454 g/mol. The summed E-state index contributed by atoms with van der Waals surface area (Å²) in [4.78, 5) is 41.6. The summed E-state index contributed by atoms with van der Waals surface area (Å²) in [7, 11) is 1.65. The van der Waals surface area contributed by atoms with Gasteiger partial charge in [-0.05, 0) is 35.1 Å². The van der Waals surface area contributed by atoms with Gasteiger partial charge in [0, 0.05) is 25.9 Å². The van der Waals surface area contributed by atoms with Crippen molar-refractivity contribution in [2.75, 3.05) is 25.5 Å². The van der Waals surface area contributed by atoms with Crippen molar-refractivity contribution in [1.82, 2.24) is 9.88 Å². The van der Waals surface area contributed by atoms with Crippen LogP contribution in [0.1, 0.15) is 46.0 Å². The van der Waals surface area contributed by atoms with Gasteiger partial charge in [0.25, 0.3) is 5.91 Å². The maximum atomic E-state index is 12.5. The first kappa shape index (κ1) is 23.4. The molecule has 0 atom stereocenters. The first-order chi connectivity index (χ1) is 16.4. The van der Waals surface area contributed by atoms with Crippen LogP contribution in [0.5, 0.6) is 0 Å². The van der Waals surface area contributed by atoms with Crippen molar-refractivity contribution in [3.8, 4) is 11.1 Å². The number of hydrogen-bond acceptors (Lipinski definition) is 6. The fourth-order valence-corrected chi connectivity index (χ4v) is 4.86. The molecule has 2 aromatic carbocycles. The average Bonchev–Trinajstić information content (AvgIpc) is 3.42. The molecule has 34 heavy (non-hydrogen) atoms. The Morgan fingerprint density at radius 1 is 1.06 bits per heavy atom. The van der Waals surface area contributed by atoms with Gasteiger partial charge in [0.05, 0.1) is 6.20 Å². The number of amides is 2. The fourth-order valence-electron chi connectivity index (χ4n) is 4.07. The predicted octanol–water partition coefficient (Wildman–Crippen LogP) is 4.83. The number of aromatic nitrogens is 1. The maximum absolute atomic E-state index is 12.5. The van der Waals surface area contributed by atoms with Crippen LogP contribution in [-0.2, 0) is 9.53 Å². The van der Waals surface area contributed by atoms with E-state index in [1.165, 1.54) is 11.1 Å². The summed E-state index contributed by atoms with van der Waals surface area (Å²) < 4.78 is 5.52. The molecule has 2 N–H and O–H groups in total. The van der Waals surface area contributed by atoms with E-state index in [0.29, 0.717) is 24.3 Å². The minimum atomic E-state index is -0.847. The number of rotatable bonds is 9. The standard InChI is InChI=1S/C25H25N3O5S/c1-28(13-7-6-12-22(29)30)23(31)21-14-26-24(34-21)27-25(32)33-15-20-18-10-4-2-8-16(18)17-9-3-5-11-19(17)20/h2-5,8-11,14,20H,6-7,12-13,15H2,1H3,(H,29,30)(H,26,27,32). The number of carboxylic acids is 1. The van der Waals surface area contributed by atoms with Gasteiger partial charge >= 0.3 is 12.1 Å². The third-order valence-corrected chi connectivity index (χ3v) is 6.65. The topological polar surface area (TPSA) is 109 Å². The summed E-state index contributed by atoms with van der Waals surface area (Å²) in [6.45, 7) is 0.634. The van der Waals surface area contributed by atoms with E-state index >= 15 is 0 Å². The minimum absolute atomic E-state index is 0.0404. The Morgan fingerprint density at radius 3 is 2.35 bits per heavy atom. The number of benzene rings is 2. The van der Waals surface area contributed by atoms with Gasteiger partial charge in [0.2, 0.25) is 0 Å². The normalized spacial score (nSPS) is 12.0. The number of thiazole rings is 1. The summed E-state index contributed by atoms with van der Waals surface area (Å²) >= 11 is 1.07. The predicted molar refractivity (Wildman–Crippen MR) is 129 cm³/mol. The molecule has 0 unspecified atom stereocenters. The van der Waals surface area contributed by atoms with Crippen molar-refractivity contribution in [2.45, 2.75) is 25.2 Å². The molecule has 0 radical (unpaired) electrons. The average molecular weight is 480 g/mol. The number of hydrogen-bond donors (Lipinski definition) is 2. The van der Waals surface area contributed by atoms with E-state index in [2.05, 4.69) is 34.6 Å². The Morgan fingerprint density at radius 2 is 1.71 bits per heavy atom. The molecular formula is C25H25N3O5S. The monoisotopic (exact) mass is 479 g/mol. The van der Waals surface area contributed by atoms with Crippen LogP contribution in [0, 0.1) is 0 Å². The van der Waals surface area contributed by atoms with Crippen molar-refractivity contribution < 1.29 is 24.2 Å². The molecule has 4 rings (SSSR count). The van der Waals surface area contributed by atoms with E-state index in [1.807, 2.05) is 24.3 Å². The molecule has 8 nitrogen and oxygen atoms in total. The van der Waals surface area contributed by atoms with Gasteiger partial charge in [-0.25, -0.2) is 9.78 Å². The van der Waals surface area contributed by atoms with Gasteiger partial charge in [-0.2, -0.15) is 0 Å². The lowest BCUT2D eigenvalue weighted by Gasteiger charge is -2.15. The minimum Gasteiger partial charge on any atom is -0.481 e. The van der Waals surface area contributed by atoms with Crippen molar-refractivity contribution in [3.63, 3.8) is 0 Å². The number of nitrogens with one attached hydrogen (secondary N) is 1. The Kier molecular flexibility index (Phi) is 7.22. The highest BCUT2D eigenvalue weighted by molar-refractivity contribution is 7.17. The zero-order valence-corrected chi connectivity index (χ0v) is 19.5. The Bertz CT molecular complexity index is 1160. The fraction of sp³-hybridized carbons (Fsp3) is 0.280. The van der Waals surface area contributed by atoms with Gasteiger partial charge in [0.15, 0.2) is 5.13 Å². The third-order valence-electron chi connectivity index (χ3n) is 5.75. The van der Waals surface area contributed by atoms with Crippen LogP contribution in [0.3, 0.4) is 0 Å². The lowest BCUT2D eigenvalue weighted by atomic mass is 9.98. The van der Waals surface area contributed by atoms with E-state index in [9.17, 15) is 14.4 Å². The number of nitrogens with zero attached hydrogens (tertiary/aromatic N) is 2. The van der Waals surface area contributed by atoms with E-state index in [1.54, 1.807) is 7.05 Å². The molecule has 1 aliphatic rings. The number of aliphatic carboxylic acids is 1. The first-order valence-electron chi connectivity index (χ1n) is 11.0. The summed E-state index contributed by atoms with van der Waals surface area (Å²) in [6.07, 6.45) is 1.97. The van der Waals surface area contributed by atoms with Crippen LogP contribution < -0.4 is 5.32 Å². The molecule has 176 valence electrons. The second kappa shape index (κ2) is 10.5. The van der Waals surface area contributed by atoms with Crippen molar-refractivity contribution >= 4 is 34.4 Å². The van der Waals surface area contributed by atoms with Crippen molar-refractivity contribution in [3.05, 3.63) is 70.7 Å². The Hall–Kier alpha value is -3.72. The molecule has 2 amide bonds. The van der Waals surface area contributed by atoms with Crippen molar-refractivity contribution in [1.29, 1.82) is 0 Å². The molecule has 0 aliphatic heterocycles. The molecule has 9 heteroatoms. The molecule has 0 saturated heterocycles. The van der Waals surface area contributed by atoms with Gasteiger partial charge in [0.1, 0.15) is 11.5 Å². The molecule has 1 aromatic heterocycles. The molecule has 0 bridgehead atoms. The number of ether oxygens (including phenoxy) is 1. The first-order valence-corrected chi connectivity index (χ1v) is 11.8. The summed E-state index contributed by atoms with van der Waals surface area (Å²) in [6, 6.07) is 16.2. The second-order valence-electron chi connectivity index (χ2n) is 8.06. The van der Waals surface area contributed by atoms with Crippen LogP contribution in [-0.4, -0.2) is 53.2 Å². The highest BCUT2D eigenvalue weighted by atomic mass is 32.1. The number of unbranched alkanes of at least 4 members (excludes halogenated alkanes) is 1. The number of anilines is 1. The largest absolute Gasteiger partial charge is 0.481 e. The highest BCUT2D eigenvalue weighted by Crippen LogP contribution is 2.44.